The highest BCUT2D eigenvalue weighted by molar-refractivity contribution is 5.43. The fourth-order valence-electron chi connectivity index (χ4n) is 2.54. The Morgan fingerprint density at radius 1 is 1.47 bits per heavy atom. The molecule has 2 rings (SSSR count). The van der Waals surface area contributed by atoms with Crippen LogP contribution in [0.3, 0.4) is 0 Å². The summed E-state index contributed by atoms with van der Waals surface area (Å²) in [4.78, 5) is 0. The third-order valence-corrected chi connectivity index (χ3v) is 3.41. The molecule has 0 amide bonds. The van der Waals surface area contributed by atoms with Gasteiger partial charge in [0.05, 0.1) is 13.2 Å². The van der Waals surface area contributed by atoms with Gasteiger partial charge in [0.15, 0.2) is 0 Å². The van der Waals surface area contributed by atoms with Crippen LogP contribution in [-0.4, -0.2) is 24.9 Å². The van der Waals surface area contributed by atoms with Gasteiger partial charge in [-0.05, 0) is 12.8 Å². The van der Waals surface area contributed by atoms with E-state index in [1.54, 1.807) is 0 Å². The van der Waals surface area contributed by atoms with Crippen LogP contribution < -0.4 is 10.5 Å². The average molecular weight is 243 g/mol. The highest BCUT2D eigenvalue weighted by atomic mass is 19.1. The van der Waals surface area contributed by atoms with E-state index in [1.165, 1.54) is 7.11 Å². The van der Waals surface area contributed by atoms with E-state index >= 15 is 0 Å². The molecule has 1 aliphatic carbocycles. The second-order valence-corrected chi connectivity index (χ2v) is 4.51. The topological polar surface area (TPSA) is 55.5 Å². The van der Waals surface area contributed by atoms with E-state index < -0.39 is 23.2 Å². The summed E-state index contributed by atoms with van der Waals surface area (Å²) in [5.74, 6) is -1.20. The first kappa shape index (κ1) is 12.3. The number of ether oxygens (including phenoxy) is 1. The minimum absolute atomic E-state index is 0.153. The lowest BCUT2D eigenvalue weighted by Gasteiger charge is -2.45. The number of hydrogen-bond donors (Lipinski definition) is 2. The molecule has 0 saturated heterocycles. The molecule has 17 heavy (non-hydrogen) atoms. The molecule has 3 nitrogen and oxygen atoms in total. The summed E-state index contributed by atoms with van der Waals surface area (Å²) < 4.78 is 32.0. The first-order valence-corrected chi connectivity index (χ1v) is 5.44. The molecule has 1 fully saturated rings. The Labute approximate surface area is 98.2 Å². The van der Waals surface area contributed by atoms with Crippen molar-refractivity contribution in [3.05, 3.63) is 29.3 Å². The minimum atomic E-state index is -0.685. The van der Waals surface area contributed by atoms with Crippen LogP contribution in [0.4, 0.5) is 8.78 Å². The van der Waals surface area contributed by atoms with Gasteiger partial charge in [-0.3, -0.25) is 0 Å². The second kappa shape index (κ2) is 4.23. The molecule has 0 radical (unpaired) electrons. The molecule has 1 aromatic carbocycles. The smallest absolute Gasteiger partial charge is 0.133 e. The molecule has 94 valence electrons. The number of aliphatic hydroxyl groups excluding tert-OH is 1. The number of halogens is 2. The molecule has 0 aromatic heterocycles. The maximum absolute atomic E-state index is 13.9. The lowest BCUT2D eigenvalue weighted by atomic mass is 9.62. The van der Waals surface area contributed by atoms with E-state index in [4.69, 9.17) is 10.5 Å². The Morgan fingerprint density at radius 2 is 2.12 bits per heavy atom. The molecule has 0 unspecified atom stereocenters. The van der Waals surface area contributed by atoms with Crippen molar-refractivity contribution in [2.24, 2.45) is 5.73 Å². The van der Waals surface area contributed by atoms with E-state index in [1.807, 2.05) is 0 Å². The van der Waals surface area contributed by atoms with Crippen molar-refractivity contribution in [1.82, 2.24) is 0 Å². The normalized spacial score (nSPS) is 27.7. The summed E-state index contributed by atoms with van der Waals surface area (Å²) in [5.41, 5.74) is 5.30. The van der Waals surface area contributed by atoms with Gasteiger partial charge < -0.3 is 15.6 Å². The zero-order chi connectivity index (χ0) is 12.6. The van der Waals surface area contributed by atoms with Gasteiger partial charge >= 0.3 is 0 Å². The molecule has 0 heterocycles. The van der Waals surface area contributed by atoms with E-state index in [-0.39, 0.29) is 17.9 Å². The molecule has 5 heteroatoms. The Hall–Kier alpha value is -1.20. The van der Waals surface area contributed by atoms with Crippen molar-refractivity contribution >= 4 is 0 Å². The van der Waals surface area contributed by atoms with Gasteiger partial charge in [-0.1, -0.05) is 0 Å². The Morgan fingerprint density at radius 3 is 2.59 bits per heavy atom. The summed E-state index contributed by atoms with van der Waals surface area (Å²) >= 11 is 0. The van der Waals surface area contributed by atoms with Crippen molar-refractivity contribution in [2.75, 3.05) is 13.7 Å². The molecule has 0 aliphatic heterocycles. The molecule has 0 atom stereocenters. The molecule has 1 saturated carbocycles. The fraction of sp³-hybridized carbons (Fsp3) is 0.500. The van der Waals surface area contributed by atoms with E-state index in [9.17, 15) is 13.9 Å². The maximum atomic E-state index is 13.9. The van der Waals surface area contributed by atoms with Crippen molar-refractivity contribution in [3.63, 3.8) is 0 Å². The van der Waals surface area contributed by atoms with Gasteiger partial charge in [-0.2, -0.15) is 0 Å². The lowest BCUT2D eigenvalue weighted by molar-refractivity contribution is 0.0193. The van der Waals surface area contributed by atoms with E-state index in [0.717, 1.165) is 12.1 Å². The van der Waals surface area contributed by atoms with E-state index in [0.29, 0.717) is 12.8 Å². The van der Waals surface area contributed by atoms with Gasteiger partial charge in [0.1, 0.15) is 17.4 Å². The molecular formula is C12H15F2NO2. The van der Waals surface area contributed by atoms with E-state index in [2.05, 4.69) is 0 Å². The van der Waals surface area contributed by atoms with Crippen LogP contribution >= 0.6 is 0 Å². The third kappa shape index (κ3) is 1.89. The maximum Gasteiger partial charge on any atom is 0.133 e. The number of aliphatic hydroxyl groups is 1. The van der Waals surface area contributed by atoms with Crippen LogP contribution in [0.2, 0.25) is 0 Å². The Balaban J connectivity index is 2.50. The van der Waals surface area contributed by atoms with Crippen LogP contribution in [0.5, 0.6) is 5.75 Å². The monoisotopic (exact) mass is 243 g/mol. The molecular weight excluding hydrogens is 228 g/mol. The third-order valence-electron chi connectivity index (χ3n) is 3.41. The van der Waals surface area contributed by atoms with Gasteiger partial charge in [0.25, 0.3) is 0 Å². The quantitative estimate of drug-likeness (QED) is 0.842. The molecule has 1 aromatic rings. The Bertz CT molecular complexity index is 431. The van der Waals surface area contributed by atoms with Crippen molar-refractivity contribution < 1.29 is 18.6 Å². The molecule has 0 bridgehead atoms. The van der Waals surface area contributed by atoms with Crippen molar-refractivity contribution in [2.45, 2.75) is 24.4 Å². The van der Waals surface area contributed by atoms with Crippen LogP contribution in [0.15, 0.2) is 12.1 Å². The molecule has 0 spiro atoms. The zero-order valence-corrected chi connectivity index (χ0v) is 9.54. The number of hydrogen-bond acceptors (Lipinski definition) is 3. The first-order chi connectivity index (χ1) is 8.02. The standard InChI is InChI=1S/C12H15F2NO2/c1-17-10-3-7(13)2-9(14)11(10)12(6-15)4-8(16)5-12/h2-3,8,16H,4-6,15H2,1H3. The first-order valence-electron chi connectivity index (χ1n) is 5.44. The predicted molar refractivity (Wildman–Crippen MR) is 58.9 cm³/mol. The highest BCUT2D eigenvalue weighted by Gasteiger charge is 2.47. The molecule has 1 aliphatic rings. The summed E-state index contributed by atoms with van der Waals surface area (Å²) in [7, 11) is 1.36. The Kier molecular flexibility index (Phi) is 3.05. The lowest BCUT2D eigenvalue weighted by Crippen LogP contribution is -2.50. The average Bonchev–Trinajstić information content (AvgIpc) is 2.24. The van der Waals surface area contributed by atoms with Crippen molar-refractivity contribution in [1.29, 1.82) is 0 Å². The highest BCUT2D eigenvalue weighted by Crippen LogP contribution is 2.47. The SMILES string of the molecule is COc1cc(F)cc(F)c1C1(CN)CC(O)C1. The van der Waals surface area contributed by atoms with Gasteiger partial charge in [0, 0.05) is 29.7 Å². The summed E-state index contributed by atoms with van der Waals surface area (Å²) in [6.45, 7) is 0.197. The van der Waals surface area contributed by atoms with Gasteiger partial charge in [-0.15, -0.1) is 0 Å². The largest absolute Gasteiger partial charge is 0.496 e. The van der Waals surface area contributed by atoms with Crippen LogP contribution in [0, 0.1) is 11.6 Å². The fourth-order valence-corrected chi connectivity index (χ4v) is 2.54. The number of nitrogens with two attached hydrogens (primary N) is 1. The van der Waals surface area contributed by atoms with Crippen LogP contribution in [0.1, 0.15) is 18.4 Å². The number of rotatable bonds is 3. The van der Waals surface area contributed by atoms with Gasteiger partial charge in [-0.25, -0.2) is 8.78 Å². The summed E-state index contributed by atoms with van der Waals surface area (Å²) in [6.07, 6.45) is 0.276. The number of methoxy groups -OCH3 is 1. The molecule has 3 N–H and O–H groups in total. The zero-order valence-electron chi connectivity index (χ0n) is 9.54. The van der Waals surface area contributed by atoms with Crippen LogP contribution in [0.25, 0.3) is 0 Å². The summed E-state index contributed by atoms with van der Waals surface area (Å²) in [6, 6.07) is 1.96. The number of benzene rings is 1. The second-order valence-electron chi connectivity index (χ2n) is 4.51. The van der Waals surface area contributed by atoms with Crippen LogP contribution in [-0.2, 0) is 5.41 Å². The van der Waals surface area contributed by atoms with Gasteiger partial charge in [0.2, 0.25) is 0 Å². The van der Waals surface area contributed by atoms with Crippen molar-refractivity contribution in [3.8, 4) is 5.75 Å². The minimum Gasteiger partial charge on any atom is -0.496 e. The predicted octanol–water partition coefficient (Wildman–Crippen LogP) is 1.32. The summed E-state index contributed by atoms with van der Waals surface area (Å²) in [5, 5.41) is 9.39.